The molecule has 0 radical (unpaired) electrons. The van der Waals surface area contributed by atoms with Crippen LogP contribution in [0.5, 0.6) is 0 Å². The zero-order valence-corrected chi connectivity index (χ0v) is 17.1. The molecule has 1 aliphatic heterocycles. The van der Waals surface area contributed by atoms with Gasteiger partial charge in [0.25, 0.3) is 11.1 Å². The average molecular weight is 485 g/mol. The lowest BCUT2D eigenvalue weighted by Gasteiger charge is -2.39. The molecule has 3 aromatic rings. The van der Waals surface area contributed by atoms with Crippen LogP contribution >= 0.6 is 12.2 Å². The van der Waals surface area contributed by atoms with E-state index in [1.54, 1.807) is 6.07 Å². The third-order valence-corrected chi connectivity index (χ3v) is 5.33. The van der Waals surface area contributed by atoms with Gasteiger partial charge in [-0.25, -0.2) is 4.99 Å². The lowest BCUT2D eigenvalue weighted by atomic mass is 9.87. The first-order chi connectivity index (χ1) is 15.5. The molecule has 0 bridgehead atoms. The van der Waals surface area contributed by atoms with Gasteiger partial charge < -0.3 is 5.32 Å². The van der Waals surface area contributed by atoms with Crippen LogP contribution in [0.2, 0.25) is 0 Å². The number of aromatic nitrogens is 3. The molecule has 0 spiro atoms. The smallest absolute Gasteiger partial charge is 0.326 e. The van der Waals surface area contributed by atoms with Crippen LogP contribution in [-0.4, -0.2) is 32.7 Å². The zero-order valence-electron chi connectivity index (χ0n) is 16.3. The quantitative estimate of drug-likeness (QED) is 0.422. The molecule has 0 fully saturated rings. The van der Waals surface area contributed by atoms with Gasteiger partial charge in [-0.3, -0.25) is 19.3 Å². The summed E-state index contributed by atoms with van der Waals surface area (Å²) in [5.41, 5.74) is -7.72. The number of hydrogen-bond donors (Lipinski definition) is 2. The predicted molar refractivity (Wildman–Crippen MR) is 110 cm³/mol. The van der Waals surface area contributed by atoms with Crippen LogP contribution in [-0.2, 0) is 12.1 Å². The molecular weight excluding hydrogens is 472 g/mol. The number of benzene rings is 1. The number of aliphatic imine (C=N–C) groups is 1. The Morgan fingerprint density at radius 2 is 1.67 bits per heavy atom. The minimum atomic E-state index is -6.00. The maximum Gasteiger partial charge on any atom is 0.427 e. The number of pyridine rings is 1. The normalized spacial score (nSPS) is 15.4. The summed E-state index contributed by atoms with van der Waals surface area (Å²) in [5, 5.41) is 2.49. The highest BCUT2D eigenvalue weighted by Gasteiger charge is 2.75. The van der Waals surface area contributed by atoms with Gasteiger partial charge in [-0.1, -0.05) is 36.4 Å². The number of fused-ring (bicyclic) bond motifs is 1. The molecule has 0 aliphatic carbocycles. The number of nitrogens with zero attached hydrogens (tertiary/aromatic N) is 3. The van der Waals surface area contributed by atoms with Crippen molar-refractivity contribution in [2.24, 2.45) is 4.99 Å². The number of alkyl halides is 6. The minimum Gasteiger partial charge on any atom is -0.326 e. The topological polar surface area (TPSA) is 75.1 Å². The summed E-state index contributed by atoms with van der Waals surface area (Å²) in [4.78, 5) is 21.5. The summed E-state index contributed by atoms with van der Waals surface area (Å²) in [6, 6.07) is 10.1. The number of anilines is 1. The number of amidine groups is 1. The van der Waals surface area contributed by atoms with Gasteiger partial charge in [0.1, 0.15) is 17.2 Å². The number of halogens is 6. The van der Waals surface area contributed by atoms with E-state index in [2.05, 4.69) is 15.3 Å². The van der Waals surface area contributed by atoms with Crippen molar-refractivity contribution in [3.63, 3.8) is 0 Å². The van der Waals surface area contributed by atoms with E-state index in [1.165, 1.54) is 48.8 Å². The maximum absolute atomic E-state index is 14.2. The number of rotatable bonds is 3. The summed E-state index contributed by atoms with van der Waals surface area (Å²) < 4.78 is 86.1. The summed E-state index contributed by atoms with van der Waals surface area (Å²) in [5.74, 6) is -1.46. The Hall–Kier alpha value is -3.48. The van der Waals surface area contributed by atoms with Crippen molar-refractivity contribution in [2.75, 3.05) is 5.32 Å². The SMILES string of the molecule is O=c1[nH]c(=S)n(Cc2cccnc2)c2c1C(C(F)(F)F)(C(F)(F)F)N=C(c1ccccc1)N2. The molecule has 0 unspecified atom stereocenters. The Kier molecular flexibility index (Phi) is 5.39. The van der Waals surface area contributed by atoms with E-state index in [9.17, 15) is 31.1 Å². The van der Waals surface area contributed by atoms with Crippen LogP contribution < -0.4 is 10.9 Å². The second-order valence-corrected chi connectivity index (χ2v) is 7.47. The lowest BCUT2D eigenvalue weighted by molar-refractivity contribution is -0.301. The van der Waals surface area contributed by atoms with Gasteiger partial charge in [-0.15, -0.1) is 0 Å². The van der Waals surface area contributed by atoms with E-state index in [0.29, 0.717) is 5.56 Å². The molecule has 2 aromatic heterocycles. The highest BCUT2D eigenvalue weighted by molar-refractivity contribution is 7.71. The Bertz CT molecular complexity index is 1320. The highest BCUT2D eigenvalue weighted by Crippen LogP contribution is 2.55. The molecular formula is C20H13F6N5OS. The minimum absolute atomic E-state index is 0.0415. The van der Waals surface area contributed by atoms with Crippen molar-refractivity contribution in [3.8, 4) is 0 Å². The first-order valence-electron chi connectivity index (χ1n) is 9.28. The van der Waals surface area contributed by atoms with Gasteiger partial charge in [0.2, 0.25) is 0 Å². The average Bonchev–Trinajstić information content (AvgIpc) is 2.75. The van der Waals surface area contributed by atoms with Crippen molar-refractivity contribution in [2.45, 2.75) is 24.4 Å². The molecule has 1 aliphatic rings. The molecule has 0 saturated carbocycles. The Labute approximate surface area is 186 Å². The Morgan fingerprint density at radius 1 is 1.00 bits per heavy atom. The van der Waals surface area contributed by atoms with Crippen molar-refractivity contribution in [1.82, 2.24) is 14.5 Å². The molecule has 4 rings (SSSR count). The highest BCUT2D eigenvalue weighted by atomic mass is 32.1. The monoisotopic (exact) mass is 485 g/mol. The van der Waals surface area contributed by atoms with Crippen molar-refractivity contribution in [1.29, 1.82) is 0 Å². The second kappa shape index (κ2) is 7.83. The van der Waals surface area contributed by atoms with Gasteiger partial charge in [0, 0.05) is 18.0 Å². The molecule has 13 heteroatoms. The molecule has 3 heterocycles. The van der Waals surface area contributed by atoms with Crippen molar-refractivity contribution < 1.29 is 26.3 Å². The molecule has 172 valence electrons. The van der Waals surface area contributed by atoms with Gasteiger partial charge in [-0.05, 0) is 23.8 Å². The van der Waals surface area contributed by atoms with Crippen LogP contribution in [0.25, 0.3) is 0 Å². The van der Waals surface area contributed by atoms with Gasteiger partial charge in [0.15, 0.2) is 4.77 Å². The maximum atomic E-state index is 14.2. The molecule has 0 saturated heterocycles. The largest absolute Gasteiger partial charge is 0.427 e. The molecule has 33 heavy (non-hydrogen) atoms. The number of aromatic amines is 1. The molecule has 0 atom stereocenters. The fraction of sp³-hybridized carbons (Fsp3) is 0.200. The summed E-state index contributed by atoms with van der Waals surface area (Å²) in [6.07, 6.45) is -9.18. The molecule has 0 amide bonds. The van der Waals surface area contributed by atoms with Crippen LogP contribution in [0.4, 0.5) is 32.2 Å². The van der Waals surface area contributed by atoms with Crippen LogP contribution in [0.3, 0.4) is 0 Å². The second-order valence-electron chi connectivity index (χ2n) is 7.09. The van der Waals surface area contributed by atoms with E-state index >= 15 is 0 Å². The van der Waals surface area contributed by atoms with Crippen molar-refractivity contribution in [3.05, 3.63) is 86.7 Å². The van der Waals surface area contributed by atoms with E-state index < -0.39 is 40.7 Å². The van der Waals surface area contributed by atoms with Gasteiger partial charge in [-0.2, -0.15) is 26.3 Å². The van der Waals surface area contributed by atoms with E-state index in [0.717, 1.165) is 4.57 Å². The molecule has 2 N–H and O–H groups in total. The predicted octanol–water partition coefficient (Wildman–Crippen LogP) is 4.54. The van der Waals surface area contributed by atoms with E-state index in [4.69, 9.17) is 12.2 Å². The van der Waals surface area contributed by atoms with Crippen LogP contribution in [0.1, 0.15) is 16.7 Å². The zero-order chi connectivity index (χ0) is 24.0. The first-order valence-corrected chi connectivity index (χ1v) is 9.69. The fourth-order valence-electron chi connectivity index (χ4n) is 3.53. The van der Waals surface area contributed by atoms with Gasteiger partial charge in [0.05, 0.1) is 6.54 Å². The van der Waals surface area contributed by atoms with Gasteiger partial charge >= 0.3 is 12.4 Å². The third kappa shape index (κ3) is 3.71. The number of H-pyrrole nitrogens is 1. The Morgan fingerprint density at radius 3 is 2.24 bits per heavy atom. The standard InChI is InChI=1S/C20H13F6N5OS/c21-19(22,23)18(20(24,25)26)13-15(28-14(30-18)12-6-2-1-3-7-12)31(17(33)29-16(13)32)10-11-5-4-8-27-9-11/h1-9H,10H2,(H,28,30)(H,29,32,33). The summed E-state index contributed by atoms with van der Waals surface area (Å²) in [6.45, 7) is -0.257. The molecule has 1 aromatic carbocycles. The van der Waals surface area contributed by atoms with Crippen LogP contribution in [0.15, 0.2) is 64.6 Å². The fourth-order valence-corrected chi connectivity index (χ4v) is 3.78. The van der Waals surface area contributed by atoms with Crippen LogP contribution in [0, 0.1) is 4.77 Å². The summed E-state index contributed by atoms with van der Waals surface area (Å²) >= 11 is 5.09. The molecule has 6 nitrogen and oxygen atoms in total. The Balaban J connectivity index is 2.10. The number of hydrogen-bond acceptors (Lipinski definition) is 5. The van der Waals surface area contributed by atoms with E-state index in [1.807, 2.05) is 4.98 Å². The van der Waals surface area contributed by atoms with Crippen molar-refractivity contribution >= 4 is 23.9 Å². The number of nitrogens with one attached hydrogen (secondary N) is 2. The lowest BCUT2D eigenvalue weighted by Crippen LogP contribution is -2.58. The van der Waals surface area contributed by atoms with E-state index in [-0.39, 0.29) is 16.9 Å². The summed E-state index contributed by atoms with van der Waals surface area (Å²) in [7, 11) is 0. The first kappa shape index (κ1) is 22.7. The third-order valence-electron chi connectivity index (χ3n) is 5.01.